The van der Waals surface area contributed by atoms with Crippen LogP contribution in [-0.4, -0.2) is 39.7 Å². The Morgan fingerprint density at radius 3 is 2.85 bits per heavy atom. The van der Waals surface area contributed by atoms with Gasteiger partial charge in [0.05, 0.1) is 6.61 Å². The minimum absolute atomic E-state index is 0.0372. The molecule has 1 aliphatic rings. The molecule has 6 nitrogen and oxygen atoms in total. The Bertz CT molecular complexity index is 998. The Morgan fingerprint density at radius 2 is 2.04 bits per heavy atom. The Hall–Kier alpha value is -2.90. The quantitative estimate of drug-likeness (QED) is 0.685. The highest BCUT2D eigenvalue weighted by Gasteiger charge is 2.24. The Kier molecular flexibility index (Phi) is 5.04. The Labute approximate surface area is 160 Å². The summed E-state index contributed by atoms with van der Waals surface area (Å²) in [6, 6.07) is 11.7. The van der Waals surface area contributed by atoms with E-state index in [-0.39, 0.29) is 12.4 Å². The number of aromatic nitrogens is 2. The van der Waals surface area contributed by atoms with Crippen molar-refractivity contribution < 1.29 is 9.90 Å². The van der Waals surface area contributed by atoms with Crippen LogP contribution in [0.3, 0.4) is 0 Å². The topological polar surface area (TPSA) is 87.5 Å². The van der Waals surface area contributed by atoms with Crippen LogP contribution in [0.4, 0.5) is 10.8 Å². The van der Waals surface area contributed by atoms with E-state index in [1.54, 1.807) is 12.3 Å². The van der Waals surface area contributed by atoms with Crippen LogP contribution in [0, 0.1) is 0 Å². The third-order valence-corrected chi connectivity index (χ3v) is 5.05. The summed E-state index contributed by atoms with van der Waals surface area (Å²) in [6.07, 6.45) is 2.59. The van der Waals surface area contributed by atoms with Gasteiger partial charge in [0.25, 0.3) is 0 Å². The number of carbonyl (C=O) groups excluding carboxylic acids is 1. The van der Waals surface area contributed by atoms with Crippen molar-refractivity contribution in [1.29, 1.82) is 0 Å². The number of ketones is 1. The van der Waals surface area contributed by atoms with Gasteiger partial charge in [-0.2, -0.15) is 0 Å². The molecule has 7 heteroatoms. The molecule has 4 rings (SSSR count). The van der Waals surface area contributed by atoms with Crippen molar-refractivity contribution in [1.82, 2.24) is 9.97 Å². The van der Waals surface area contributed by atoms with E-state index in [1.165, 1.54) is 11.3 Å². The van der Waals surface area contributed by atoms with Crippen LogP contribution in [0.5, 0.6) is 0 Å². The maximum Gasteiger partial charge on any atom is 0.183 e. The lowest BCUT2D eigenvalue weighted by molar-refractivity contribution is 0.0999. The number of Topliss-reactive ketones (excluding diaryl/α,β-unsaturated/α-hetero) is 1. The molecular weight excluding hydrogens is 360 g/mol. The summed E-state index contributed by atoms with van der Waals surface area (Å²) >= 11 is 1.43. The second-order valence-electron chi connectivity index (χ2n) is 6.18. The number of hydrogen-bond donors (Lipinski definition) is 2. The molecule has 3 aromatic rings. The van der Waals surface area contributed by atoms with Gasteiger partial charge in [-0.15, -0.1) is 11.3 Å². The largest absolute Gasteiger partial charge is 0.395 e. The van der Waals surface area contributed by atoms with E-state index in [9.17, 15) is 4.79 Å². The van der Waals surface area contributed by atoms with Crippen LogP contribution >= 0.6 is 11.3 Å². The van der Waals surface area contributed by atoms with E-state index >= 15 is 0 Å². The van der Waals surface area contributed by atoms with Gasteiger partial charge in [0, 0.05) is 42.2 Å². The van der Waals surface area contributed by atoms with Gasteiger partial charge < -0.3 is 10.4 Å². The molecule has 0 amide bonds. The number of nitrogens with zero attached hydrogens (tertiary/aromatic N) is 3. The van der Waals surface area contributed by atoms with Crippen LogP contribution < -0.4 is 5.32 Å². The number of pyridine rings is 1. The van der Waals surface area contributed by atoms with Gasteiger partial charge in [0.2, 0.25) is 0 Å². The molecular formula is C20H18N4O2S. The molecule has 2 aromatic heterocycles. The highest BCUT2D eigenvalue weighted by Crippen LogP contribution is 2.36. The molecule has 27 heavy (non-hydrogen) atoms. The molecule has 1 aliphatic heterocycles. The number of aliphatic hydroxyl groups is 1. The van der Waals surface area contributed by atoms with E-state index in [2.05, 4.69) is 15.3 Å². The third kappa shape index (κ3) is 3.79. The van der Waals surface area contributed by atoms with Crippen LogP contribution in [-0.2, 0) is 6.42 Å². The first-order valence-electron chi connectivity index (χ1n) is 8.68. The van der Waals surface area contributed by atoms with Crippen LogP contribution in [0.1, 0.15) is 22.3 Å². The van der Waals surface area contributed by atoms with Crippen molar-refractivity contribution in [3.8, 4) is 11.4 Å². The van der Waals surface area contributed by atoms with Crippen molar-refractivity contribution in [3.05, 3.63) is 59.1 Å². The number of nitrogens with one attached hydrogen (secondary N) is 1. The lowest BCUT2D eigenvalue weighted by atomic mass is 9.96. The number of carbonyl (C=O) groups is 1. The van der Waals surface area contributed by atoms with Crippen molar-refractivity contribution in [2.45, 2.75) is 12.8 Å². The molecule has 0 atom stereocenters. The summed E-state index contributed by atoms with van der Waals surface area (Å²) in [4.78, 5) is 26.4. The fourth-order valence-corrected chi connectivity index (χ4v) is 3.74. The second-order valence-corrected chi connectivity index (χ2v) is 7.04. The molecule has 0 saturated heterocycles. The van der Waals surface area contributed by atoms with Gasteiger partial charge in [-0.1, -0.05) is 30.3 Å². The SMILES string of the molecule is O=C1CC(Cc2ccccc2)=Nc2c1ccnc2-c1csc(NCCO)n1. The molecule has 3 heterocycles. The summed E-state index contributed by atoms with van der Waals surface area (Å²) in [5, 5.41) is 14.6. The highest BCUT2D eigenvalue weighted by atomic mass is 32.1. The van der Waals surface area contributed by atoms with Gasteiger partial charge in [-0.25, -0.2) is 4.98 Å². The van der Waals surface area contributed by atoms with Gasteiger partial charge >= 0.3 is 0 Å². The molecule has 0 unspecified atom stereocenters. The number of anilines is 1. The molecule has 1 aromatic carbocycles. The number of hydrogen-bond acceptors (Lipinski definition) is 7. The average Bonchev–Trinajstić information content (AvgIpc) is 3.15. The van der Waals surface area contributed by atoms with Gasteiger partial charge in [0.15, 0.2) is 10.9 Å². The summed E-state index contributed by atoms with van der Waals surface area (Å²) in [5.41, 5.74) is 4.44. The fourth-order valence-electron chi connectivity index (χ4n) is 3.02. The zero-order chi connectivity index (χ0) is 18.6. The minimum atomic E-state index is 0.0372. The van der Waals surface area contributed by atoms with Crippen LogP contribution in [0.2, 0.25) is 0 Å². The number of aliphatic imine (C=N–C) groups is 1. The first-order chi connectivity index (χ1) is 13.2. The smallest absolute Gasteiger partial charge is 0.183 e. The standard InChI is InChI=1S/C20H18N4O2S/c25-9-8-22-20-24-16(12-27-20)19-18-15(6-7-21-19)17(26)11-14(23-18)10-13-4-2-1-3-5-13/h1-7,12,25H,8-11H2,(H,22,24). The molecule has 0 aliphatic carbocycles. The Balaban J connectivity index is 1.70. The zero-order valence-electron chi connectivity index (χ0n) is 14.6. The molecule has 0 radical (unpaired) electrons. The van der Waals surface area contributed by atoms with Crippen molar-refractivity contribution >= 4 is 33.7 Å². The van der Waals surface area contributed by atoms with Crippen LogP contribution in [0.15, 0.2) is 53.0 Å². The number of fused-ring (bicyclic) bond motifs is 1. The monoisotopic (exact) mass is 378 g/mol. The molecule has 0 bridgehead atoms. The fraction of sp³-hybridized carbons (Fsp3) is 0.200. The number of aliphatic hydroxyl groups excluding tert-OH is 1. The maximum absolute atomic E-state index is 12.6. The van der Waals surface area contributed by atoms with E-state index < -0.39 is 0 Å². The van der Waals surface area contributed by atoms with E-state index in [1.807, 2.05) is 35.7 Å². The average molecular weight is 378 g/mol. The predicted molar refractivity (Wildman–Crippen MR) is 107 cm³/mol. The third-order valence-electron chi connectivity index (χ3n) is 4.25. The highest BCUT2D eigenvalue weighted by molar-refractivity contribution is 7.14. The summed E-state index contributed by atoms with van der Waals surface area (Å²) < 4.78 is 0. The lowest BCUT2D eigenvalue weighted by Crippen LogP contribution is -2.16. The second kappa shape index (κ2) is 7.77. The number of rotatable bonds is 6. The lowest BCUT2D eigenvalue weighted by Gasteiger charge is -2.16. The van der Waals surface area contributed by atoms with Gasteiger partial charge in [0.1, 0.15) is 17.1 Å². The molecule has 0 spiro atoms. The Morgan fingerprint density at radius 1 is 1.19 bits per heavy atom. The van der Waals surface area contributed by atoms with E-state index in [0.29, 0.717) is 47.2 Å². The molecule has 0 fully saturated rings. The first kappa shape index (κ1) is 17.5. The summed E-state index contributed by atoms with van der Waals surface area (Å²) in [6.45, 7) is 0.473. The van der Waals surface area contributed by atoms with Crippen LogP contribution in [0.25, 0.3) is 11.4 Å². The summed E-state index contributed by atoms with van der Waals surface area (Å²) in [5.74, 6) is 0.0587. The first-order valence-corrected chi connectivity index (χ1v) is 9.56. The van der Waals surface area contributed by atoms with Crippen molar-refractivity contribution in [2.75, 3.05) is 18.5 Å². The summed E-state index contributed by atoms with van der Waals surface area (Å²) in [7, 11) is 0. The molecule has 2 N–H and O–H groups in total. The molecule has 136 valence electrons. The van der Waals surface area contributed by atoms with Gasteiger partial charge in [-0.05, 0) is 11.6 Å². The number of thiazole rings is 1. The minimum Gasteiger partial charge on any atom is -0.395 e. The molecule has 0 saturated carbocycles. The van der Waals surface area contributed by atoms with E-state index in [0.717, 1.165) is 11.3 Å². The van der Waals surface area contributed by atoms with Gasteiger partial charge in [-0.3, -0.25) is 14.8 Å². The van der Waals surface area contributed by atoms with Crippen molar-refractivity contribution in [2.24, 2.45) is 4.99 Å². The van der Waals surface area contributed by atoms with Crippen molar-refractivity contribution in [3.63, 3.8) is 0 Å². The zero-order valence-corrected chi connectivity index (χ0v) is 15.4. The predicted octanol–water partition coefficient (Wildman–Crippen LogP) is 3.51. The number of benzene rings is 1. The maximum atomic E-state index is 12.6. The van der Waals surface area contributed by atoms with E-state index in [4.69, 9.17) is 10.1 Å². The normalized spacial score (nSPS) is 13.2.